The van der Waals surface area contributed by atoms with Crippen molar-refractivity contribution >= 4 is 11.6 Å². The molecule has 72 valence electrons. The van der Waals surface area contributed by atoms with Crippen LogP contribution in [-0.4, -0.2) is 11.6 Å². The molecule has 0 spiro atoms. The van der Waals surface area contributed by atoms with Gasteiger partial charge in [-0.25, -0.2) is 0 Å². The molecule has 2 aliphatic carbocycles. The summed E-state index contributed by atoms with van der Waals surface area (Å²) in [5.41, 5.74) is -0.373. The Morgan fingerprint density at radius 1 is 1.15 bits per heavy atom. The van der Waals surface area contributed by atoms with Crippen molar-refractivity contribution in [1.29, 1.82) is 0 Å². The van der Waals surface area contributed by atoms with Crippen LogP contribution < -0.4 is 0 Å². The number of ketones is 2. The molecule has 0 saturated heterocycles. The highest BCUT2D eigenvalue weighted by Gasteiger charge is 2.54. The van der Waals surface area contributed by atoms with E-state index in [0.29, 0.717) is 5.92 Å². The molecule has 2 fully saturated rings. The molecule has 0 unspecified atom stereocenters. The Morgan fingerprint density at radius 3 is 2.38 bits per heavy atom. The zero-order valence-electron chi connectivity index (χ0n) is 8.30. The topological polar surface area (TPSA) is 34.1 Å². The normalized spacial score (nSPS) is 37.7. The highest BCUT2D eigenvalue weighted by atomic mass is 16.2. The molecular formula is C11H16O2. The number of fused-ring (bicyclic) bond motifs is 1. The predicted molar refractivity (Wildman–Crippen MR) is 49.2 cm³/mol. The highest BCUT2D eigenvalue weighted by Crippen LogP contribution is 2.48. The molecule has 0 radical (unpaired) electrons. The Labute approximate surface area is 78.7 Å². The molecule has 0 aromatic rings. The third-order valence-corrected chi connectivity index (χ3v) is 3.84. The van der Waals surface area contributed by atoms with E-state index >= 15 is 0 Å². The summed E-state index contributed by atoms with van der Waals surface area (Å²) in [6.45, 7) is 3.87. The first-order chi connectivity index (χ1) is 6.05. The Balaban J connectivity index is 2.35. The molecule has 2 nitrogen and oxygen atoms in total. The molecule has 0 amide bonds. The minimum Gasteiger partial charge on any atom is -0.291 e. The lowest BCUT2D eigenvalue weighted by atomic mass is 9.71. The summed E-state index contributed by atoms with van der Waals surface area (Å²) in [7, 11) is 0. The Hall–Kier alpha value is -0.660. The number of carbonyl (C=O) groups is 2. The van der Waals surface area contributed by atoms with Crippen molar-refractivity contribution in [3.05, 3.63) is 0 Å². The molecule has 0 aromatic heterocycles. The molecule has 0 aromatic carbocycles. The third-order valence-electron chi connectivity index (χ3n) is 3.84. The van der Waals surface area contributed by atoms with Crippen LogP contribution in [0, 0.1) is 17.3 Å². The van der Waals surface area contributed by atoms with Crippen molar-refractivity contribution in [3.8, 4) is 0 Å². The van der Waals surface area contributed by atoms with Gasteiger partial charge in [-0.05, 0) is 18.8 Å². The second-order valence-corrected chi connectivity index (χ2v) is 4.91. The summed E-state index contributed by atoms with van der Waals surface area (Å²) >= 11 is 0. The summed E-state index contributed by atoms with van der Waals surface area (Å²) < 4.78 is 0. The lowest BCUT2D eigenvalue weighted by Crippen LogP contribution is -2.28. The molecule has 0 aliphatic heterocycles. The molecule has 0 heterocycles. The summed E-state index contributed by atoms with van der Waals surface area (Å²) in [6.07, 6.45) is 4.31. The van der Waals surface area contributed by atoms with Crippen LogP contribution >= 0.6 is 0 Å². The molecule has 2 atom stereocenters. The van der Waals surface area contributed by atoms with Gasteiger partial charge in [-0.2, -0.15) is 0 Å². The van der Waals surface area contributed by atoms with Crippen LogP contribution in [-0.2, 0) is 9.59 Å². The monoisotopic (exact) mass is 180 g/mol. The second kappa shape index (κ2) is 2.66. The van der Waals surface area contributed by atoms with Gasteiger partial charge in [-0.3, -0.25) is 9.59 Å². The molecule has 13 heavy (non-hydrogen) atoms. The average Bonchev–Trinajstić information content (AvgIpc) is 2.30. The lowest BCUT2D eigenvalue weighted by Gasteiger charge is -2.31. The number of hydrogen-bond acceptors (Lipinski definition) is 2. The predicted octanol–water partition coefficient (Wildman–Crippen LogP) is 1.97. The number of Topliss-reactive ketones (excluding diaryl/α,β-unsaturated/α-hetero) is 2. The van der Waals surface area contributed by atoms with Gasteiger partial charge in [0.15, 0.2) is 0 Å². The molecular weight excluding hydrogens is 164 g/mol. The minimum atomic E-state index is -0.373. The fraction of sp³-hybridized carbons (Fsp3) is 0.818. The van der Waals surface area contributed by atoms with Gasteiger partial charge < -0.3 is 0 Å². The van der Waals surface area contributed by atoms with E-state index in [1.807, 2.05) is 13.8 Å². The van der Waals surface area contributed by atoms with Gasteiger partial charge in [-0.15, -0.1) is 0 Å². The Morgan fingerprint density at radius 2 is 1.77 bits per heavy atom. The zero-order valence-corrected chi connectivity index (χ0v) is 8.30. The summed E-state index contributed by atoms with van der Waals surface area (Å²) in [5, 5.41) is 0. The van der Waals surface area contributed by atoms with E-state index in [0.717, 1.165) is 19.3 Å². The first kappa shape index (κ1) is 8.92. The molecule has 2 saturated carbocycles. The van der Waals surface area contributed by atoms with Gasteiger partial charge in [0.05, 0.1) is 0 Å². The van der Waals surface area contributed by atoms with E-state index in [1.54, 1.807) is 0 Å². The van der Waals surface area contributed by atoms with Crippen LogP contribution in [0.15, 0.2) is 0 Å². The number of rotatable bonds is 0. The lowest BCUT2D eigenvalue weighted by molar-refractivity contribution is -0.138. The fourth-order valence-electron chi connectivity index (χ4n) is 2.96. The smallest absolute Gasteiger partial charge is 0.204 e. The van der Waals surface area contributed by atoms with Crippen LogP contribution in [0.4, 0.5) is 0 Å². The third kappa shape index (κ3) is 1.07. The van der Waals surface area contributed by atoms with Crippen molar-refractivity contribution in [3.63, 3.8) is 0 Å². The van der Waals surface area contributed by atoms with Crippen molar-refractivity contribution in [2.75, 3.05) is 0 Å². The molecule has 0 bridgehead atoms. The first-order valence-corrected chi connectivity index (χ1v) is 5.14. The van der Waals surface area contributed by atoms with E-state index in [4.69, 9.17) is 0 Å². The Bertz CT molecular complexity index is 265. The second-order valence-electron chi connectivity index (χ2n) is 4.91. The van der Waals surface area contributed by atoms with Crippen LogP contribution in [0.1, 0.15) is 39.5 Å². The number of carbonyl (C=O) groups excluding carboxylic acids is 2. The van der Waals surface area contributed by atoms with E-state index in [-0.39, 0.29) is 22.9 Å². The summed E-state index contributed by atoms with van der Waals surface area (Å²) in [5.74, 6) is 0.191. The van der Waals surface area contributed by atoms with E-state index in [2.05, 4.69) is 0 Å². The van der Waals surface area contributed by atoms with Crippen molar-refractivity contribution in [2.24, 2.45) is 17.3 Å². The standard InChI is InChI=1S/C11H16O2/c1-11(2)8-6-4-3-5-7(8)9(12)10(11)13/h7-8H,3-6H2,1-2H3/t7-,8-/m0/s1. The summed E-state index contributed by atoms with van der Waals surface area (Å²) in [4.78, 5) is 23.2. The molecule has 2 aliphatic rings. The maximum Gasteiger partial charge on any atom is 0.204 e. The summed E-state index contributed by atoms with van der Waals surface area (Å²) in [6, 6.07) is 0. The highest BCUT2D eigenvalue weighted by molar-refractivity contribution is 6.42. The fourth-order valence-corrected chi connectivity index (χ4v) is 2.96. The maximum atomic E-state index is 11.6. The molecule has 0 N–H and O–H groups in total. The molecule has 2 rings (SSSR count). The van der Waals surface area contributed by atoms with Gasteiger partial charge in [0, 0.05) is 11.3 Å². The van der Waals surface area contributed by atoms with Gasteiger partial charge in [0.1, 0.15) is 0 Å². The van der Waals surface area contributed by atoms with Crippen LogP contribution in [0.2, 0.25) is 0 Å². The van der Waals surface area contributed by atoms with Crippen LogP contribution in [0.5, 0.6) is 0 Å². The van der Waals surface area contributed by atoms with E-state index in [9.17, 15) is 9.59 Å². The van der Waals surface area contributed by atoms with Gasteiger partial charge in [0.25, 0.3) is 0 Å². The van der Waals surface area contributed by atoms with Crippen molar-refractivity contribution in [1.82, 2.24) is 0 Å². The van der Waals surface area contributed by atoms with Gasteiger partial charge in [-0.1, -0.05) is 26.7 Å². The van der Waals surface area contributed by atoms with E-state index in [1.165, 1.54) is 6.42 Å². The van der Waals surface area contributed by atoms with Crippen LogP contribution in [0.25, 0.3) is 0 Å². The number of hydrogen-bond donors (Lipinski definition) is 0. The van der Waals surface area contributed by atoms with E-state index < -0.39 is 0 Å². The van der Waals surface area contributed by atoms with Crippen molar-refractivity contribution in [2.45, 2.75) is 39.5 Å². The minimum absolute atomic E-state index is 0.0660. The average molecular weight is 180 g/mol. The Kier molecular flexibility index (Phi) is 1.83. The molecule has 2 heteroatoms. The maximum absolute atomic E-state index is 11.6. The first-order valence-electron chi connectivity index (χ1n) is 5.14. The van der Waals surface area contributed by atoms with Gasteiger partial charge in [0.2, 0.25) is 11.6 Å². The van der Waals surface area contributed by atoms with Gasteiger partial charge >= 0.3 is 0 Å². The van der Waals surface area contributed by atoms with Crippen LogP contribution in [0.3, 0.4) is 0 Å². The zero-order chi connectivity index (χ0) is 9.64. The quantitative estimate of drug-likeness (QED) is 0.534. The van der Waals surface area contributed by atoms with Crippen molar-refractivity contribution < 1.29 is 9.59 Å². The SMILES string of the molecule is CC1(C)C(=O)C(=O)[C@H]2CCCC[C@@H]21. The largest absolute Gasteiger partial charge is 0.291 e.